The summed E-state index contributed by atoms with van der Waals surface area (Å²) in [6.07, 6.45) is 4.33. The Kier molecular flexibility index (Phi) is 7.13. The fraction of sp³-hybridized carbons (Fsp3) is 0.276. The van der Waals surface area contributed by atoms with Gasteiger partial charge >= 0.3 is 0 Å². The third kappa shape index (κ3) is 4.73. The lowest BCUT2D eigenvalue weighted by atomic mass is 10.1. The summed E-state index contributed by atoms with van der Waals surface area (Å²) in [5, 5.41) is 0. The van der Waals surface area contributed by atoms with Crippen molar-refractivity contribution in [3.05, 3.63) is 66.5 Å². The molecule has 0 radical (unpaired) electrons. The lowest BCUT2D eigenvalue weighted by Crippen LogP contribution is -2.27. The SMILES string of the molecule is CC#CC(=O)N1CCC(c2nc(-c3ccc(Oc4cccc(OC)c4F)cc3)c3c(OCC)nccn23)C1. The molecule has 0 N–H and O–H groups in total. The van der Waals surface area contributed by atoms with Gasteiger partial charge in [-0.05, 0) is 62.6 Å². The number of fused-ring (bicyclic) bond motifs is 1. The second-order valence-corrected chi connectivity index (χ2v) is 8.71. The molecule has 1 fully saturated rings. The largest absolute Gasteiger partial charge is 0.494 e. The molecule has 2 aromatic carbocycles. The third-order valence-corrected chi connectivity index (χ3v) is 6.41. The second kappa shape index (κ2) is 10.8. The van der Waals surface area contributed by atoms with Gasteiger partial charge in [-0.3, -0.25) is 9.20 Å². The zero-order chi connectivity index (χ0) is 26.6. The fourth-order valence-corrected chi connectivity index (χ4v) is 4.64. The van der Waals surface area contributed by atoms with E-state index in [0.29, 0.717) is 37.0 Å². The number of benzene rings is 2. The van der Waals surface area contributed by atoms with E-state index in [9.17, 15) is 9.18 Å². The average molecular weight is 515 g/mol. The van der Waals surface area contributed by atoms with Gasteiger partial charge in [0.15, 0.2) is 11.5 Å². The lowest BCUT2D eigenvalue weighted by Gasteiger charge is -2.13. The number of ether oxygens (including phenoxy) is 3. The van der Waals surface area contributed by atoms with Gasteiger partial charge in [-0.15, -0.1) is 0 Å². The minimum Gasteiger partial charge on any atom is -0.494 e. The van der Waals surface area contributed by atoms with E-state index in [-0.39, 0.29) is 23.3 Å². The van der Waals surface area contributed by atoms with Crippen LogP contribution in [0.15, 0.2) is 54.9 Å². The number of nitrogens with zero attached hydrogens (tertiary/aromatic N) is 4. The van der Waals surface area contributed by atoms with Crippen LogP contribution in [0.25, 0.3) is 16.8 Å². The summed E-state index contributed by atoms with van der Waals surface area (Å²) in [6.45, 7) is 5.18. The van der Waals surface area contributed by atoms with Crippen LogP contribution in [-0.2, 0) is 4.79 Å². The van der Waals surface area contributed by atoms with Crippen molar-refractivity contribution in [2.75, 3.05) is 26.8 Å². The molecule has 4 aromatic rings. The number of likely N-dealkylation sites (tertiary alicyclic amines) is 1. The van der Waals surface area contributed by atoms with Crippen LogP contribution in [0.5, 0.6) is 23.1 Å². The van der Waals surface area contributed by atoms with Crippen LogP contribution in [0, 0.1) is 17.7 Å². The summed E-state index contributed by atoms with van der Waals surface area (Å²) in [7, 11) is 1.41. The molecule has 2 aromatic heterocycles. The van der Waals surface area contributed by atoms with Crippen LogP contribution < -0.4 is 14.2 Å². The van der Waals surface area contributed by atoms with Crippen molar-refractivity contribution in [3.63, 3.8) is 0 Å². The molecular weight excluding hydrogens is 487 g/mol. The van der Waals surface area contributed by atoms with Gasteiger partial charge in [-0.2, -0.15) is 4.39 Å². The first-order chi connectivity index (χ1) is 18.5. The first-order valence-electron chi connectivity index (χ1n) is 12.4. The summed E-state index contributed by atoms with van der Waals surface area (Å²) in [5.41, 5.74) is 2.27. The summed E-state index contributed by atoms with van der Waals surface area (Å²) >= 11 is 0. The van der Waals surface area contributed by atoms with Gasteiger partial charge < -0.3 is 19.1 Å². The lowest BCUT2D eigenvalue weighted by molar-refractivity contribution is -0.124. The normalized spacial score (nSPS) is 14.7. The maximum absolute atomic E-state index is 14.5. The van der Waals surface area contributed by atoms with Crippen LogP contribution in [0.2, 0.25) is 0 Å². The van der Waals surface area contributed by atoms with Crippen molar-refractivity contribution in [1.29, 1.82) is 0 Å². The summed E-state index contributed by atoms with van der Waals surface area (Å²) in [5.74, 6) is 6.56. The highest BCUT2D eigenvalue weighted by Crippen LogP contribution is 2.37. The molecule has 0 bridgehead atoms. The van der Waals surface area contributed by atoms with Crippen molar-refractivity contribution >= 4 is 11.4 Å². The highest BCUT2D eigenvalue weighted by Gasteiger charge is 2.31. The molecule has 38 heavy (non-hydrogen) atoms. The molecule has 194 valence electrons. The molecule has 0 saturated carbocycles. The summed E-state index contributed by atoms with van der Waals surface area (Å²) in [4.78, 5) is 23.6. The molecular formula is C29H27FN4O4. The molecule has 5 rings (SSSR count). The number of rotatable bonds is 7. The van der Waals surface area contributed by atoms with Crippen LogP contribution >= 0.6 is 0 Å². The molecule has 1 amide bonds. The molecule has 3 heterocycles. The van der Waals surface area contributed by atoms with E-state index in [1.54, 1.807) is 42.3 Å². The van der Waals surface area contributed by atoms with Crippen LogP contribution in [0.1, 0.15) is 32.0 Å². The Morgan fingerprint density at radius 1 is 1.18 bits per heavy atom. The zero-order valence-corrected chi connectivity index (χ0v) is 21.4. The van der Waals surface area contributed by atoms with Gasteiger partial charge in [-0.1, -0.05) is 12.0 Å². The van der Waals surface area contributed by atoms with E-state index >= 15 is 0 Å². The maximum atomic E-state index is 14.5. The van der Waals surface area contributed by atoms with Crippen molar-refractivity contribution in [3.8, 4) is 46.2 Å². The number of hydrogen-bond donors (Lipinski definition) is 0. The average Bonchev–Trinajstić information content (AvgIpc) is 3.57. The molecule has 1 saturated heterocycles. The van der Waals surface area contributed by atoms with Crippen molar-refractivity contribution in [2.45, 2.75) is 26.2 Å². The minimum absolute atomic E-state index is 0.0365. The quantitative estimate of drug-likeness (QED) is 0.320. The number of amides is 1. The Hall–Kier alpha value is -4.58. The second-order valence-electron chi connectivity index (χ2n) is 8.71. The van der Waals surface area contributed by atoms with Crippen molar-refractivity contribution in [2.24, 2.45) is 0 Å². The third-order valence-electron chi connectivity index (χ3n) is 6.41. The highest BCUT2D eigenvalue weighted by atomic mass is 19.1. The Balaban J connectivity index is 1.50. The number of aromatic nitrogens is 3. The highest BCUT2D eigenvalue weighted by molar-refractivity contribution is 5.93. The minimum atomic E-state index is -0.565. The molecule has 1 aliphatic rings. The van der Waals surface area contributed by atoms with Gasteiger partial charge in [0.1, 0.15) is 22.8 Å². The fourth-order valence-electron chi connectivity index (χ4n) is 4.64. The molecule has 0 spiro atoms. The standard InChI is InChI=1S/C29H27FN4O4/c1-4-7-24(35)33-16-14-20(18-33)28-32-26(27-29(37-5-2)31-15-17-34(27)28)19-10-12-21(13-11-19)38-23-9-6-8-22(36-3)25(23)30/h6,8-13,15,17,20H,5,14,16,18H2,1-3H3. The van der Waals surface area contributed by atoms with Crippen molar-refractivity contribution in [1.82, 2.24) is 19.3 Å². The van der Waals surface area contributed by atoms with Crippen LogP contribution in [0.3, 0.4) is 0 Å². The molecule has 9 heteroatoms. The molecule has 8 nitrogen and oxygen atoms in total. The number of halogens is 1. The smallest absolute Gasteiger partial charge is 0.298 e. The Bertz CT molecular complexity index is 1540. The van der Waals surface area contributed by atoms with E-state index in [4.69, 9.17) is 19.2 Å². The molecule has 1 atom stereocenters. The van der Waals surface area contributed by atoms with E-state index in [2.05, 4.69) is 16.8 Å². The molecule has 1 unspecified atom stereocenters. The Labute approximate surface area is 220 Å². The van der Waals surface area contributed by atoms with E-state index in [1.807, 2.05) is 29.7 Å². The van der Waals surface area contributed by atoms with Gasteiger partial charge in [0.25, 0.3) is 5.91 Å². The van der Waals surface area contributed by atoms with Crippen LogP contribution in [-0.4, -0.2) is 52.0 Å². The van der Waals surface area contributed by atoms with Gasteiger partial charge in [0, 0.05) is 37.0 Å². The van der Waals surface area contributed by atoms with E-state index < -0.39 is 5.82 Å². The molecule has 0 aliphatic carbocycles. The first kappa shape index (κ1) is 25.1. The topological polar surface area (TPSA) is 78.2 Å². The van der Waals surface area contributed by atoms with E-state index in [1.165, 1.54) is 13.2 Å². The molecule has 1 aliphatic heterocycles. The number of hydrogen-bond acceptors (Lipinski definition) is 6. The van der Waals surface area contributed by atoms with E-state index in [0.717, 1.165) is 23.3 Å². The van der Waals surface area contributed by atoms with Crippen LogP contribution in [0.4, 0.5) is 4.39 Å². The summed E-state index contributed by atoms with van der Waals surface area (Å²) < 4.78 is 33.2. The Morgan fingerprint density at radius 3 is 2.71 bits per heavy atom. The zero-order valence-electron chi connectivity index (χ0n) is 21.4. The number of methoxy groups -OCH3 is 1. The predicted molar refractivity (Wildman–Crippen MR) is 140 cm³/mol. The van der Waals surface area contributed by atoms with Gasteiger partial charge in [0.2, 0.25) is 11.7 Å². The van der Waals surface area contributed by atoms with Gasteiger partial charge in [-0.25, -0.2) is 9.97 Å². The number of imidazole rings is 1. The Morgan fingerprint density at radius 2 is 1.97 bits per heavy atom. The monoisotopic (exact) mass is 514 g/mol. The van der Waals surface area contributed by atoms with Gasteiger partial charge in [0.05, 0.1) is 13.7 Å². The maximum Gasteiger partial charge on any atom is 0.298 e. The predicted octanol–water partition coefficient (Wildman–Crippen LogP) is 5.07. The first-order valence-corrected chi connectivity index (χ1v) is 12.4. The number of carbonyl (C=O) groups excluding carboxylic acids is 1. The number of carbonyl (C=O) groups is 1. The summed E-state index contributed by atoms with van der Waals surface area (Å²) in [6, 6.07) is 12.0. The van der Waals surface area contributed by atoms with Crippen molar-refractivity contribution < 1.29 is 23.4 Å².